The first-order chi connectivity index (χ1) is 4.81. The van der Waals surface area contributed by atoms with Crippen LogP contribution in [0.2, 0.25) is 0 Å². The second kappa shape index (κ2) is 6.96. The zero-order valence-electron chi connectivity index (χ0n) is 6.52. The summed E-state index contributed by atoms with van der Waals surface area (Å²) in [6, 6.07) is 0. The van der Waals surface area contributed by atoms with E-state index in [0.29, 0.717) is 6.54 Å². The highest BCUT2D eigenvalue weighted by atomic mass is 32.2. The van der Waals surface area contributed by atoms with E-state index in [1.807, 2.05) is 11.8 Å². The Morgan fingerprint density at radius 1 is 1.70 bits per heavy atom. The number of hydrogen-bond donors (Lipinski definition) is 2. The maximum atomic E-state index is 5.33. The molecule has 3 heteroatoms. The molecule has 10 heavy (non-hydrogen) atoms. The van der Waals surface area contributed by atoms with Crippen molar-refractivity contribution in [2.24, 2.45) is 5.73 Å². The lowest BCUT2D eigenvalue weighted by molar-refractivity contribution is 0.789. The summed E-state index contributed by atoms with van der Waals surface area (Å²) in [5.41, 5.74) is 6.38. The quantitative estimate of drug-likeness (QED) is 0.564. The molecule has 0 rings (SSSR count). The summed E-state index contributed by atoms with van der Waals surface area (Å²) in [5.74, 6) is 1.13. The van der Waals surface area contributed by atoms with Crippen LogP contribution in [0.15, 0.2) is 12.3 Å². The van der Waals surface area contributed by atoms with Crippen molar-refractivity contribution in [3.63, 3.8) is 0 Å². The fourth-order valence-electron chi connectivity index (χ4n) is 0.592. The predicted molar refractivity (Wildman–Crippen MR) is 49.2 cm³/mol. The molecule has 60 valence electrons. The lowest BCUT2D eigenvalue weighted by atomic mass is 10.3. The number of thioether (sulfide) groups is 1. The predicted octanol–water partition coefficient (Wildman–Crippen LogP) is 0.802. The molecule has 0 amide bonds. The first-order valence-corrected chi connectivity index (χ1v) is 4.81. The Hall–Kier alpha value is -0.150. The minimum Gasteiger partial charge on any atom is -0.388 e. The molecule has 0 heterocycles. The van der Waals surface area contributed by atoms with E-state index in [1.165, 1.54) is 0 Å². The molecule has 2 nitrogen and oxygen atoms in total. The van der Waals surface area contributed by atoms with Crippen LogP contribution >= 0.6 is 11.8 Å². The van der Waals surface area contributed by atoms with Gasteiger partial charge in [0.15, 0.2) is 0 Å². The Morgan fingerprint density at radius 3 is 2.90 bits per heavy atom. The summed E-state index contributed by atoms with van der Waals surface area (Å²) in [4.78, 5) is 0. The van der Waals surface area contributed by atoms with E-state index in [4.69, 9.17) is 5.73 Å². The van der Waals surface area contributed by atoms with Crippen LogP contribution in [0.25, 0.3) is 0 Å². The van der Waals surface area contributed by atoms with Gasteiger partial charge in [0.1, 0.15) is 0 Å². The topological polar surface area (TPSA) is 38.0 Å². The van der Waals surface area contributed by atoms with E-state index in [0.717, 1.165) is 24.4 Å². The lowest BCUT2D eigenvalue weighted by Gasteiger charge is -2.06. The van der Waals surface area contributed by atoms with Gasteiger partial charge in [0.05, 0.1) is 0 Å². The number of rotatable bonds is 6. The van der Waals surface area contributed by atoms with Gasteiger partial charge < -0.3 is 11.1 Å². The van der Waals surface area contributed by atoms with Gasteiger partial charge in [-0.3, -0.25) is 0 Å². The van der Waals surface area contributed by atoms with Gasteiger partial charge in [0.2, 0.25) is 0 Å². The van der Waals surface area contributed by atoms with Gasteiger partial charge in [-0.25, -0.2) is 0 Å². The Morgan fingerprint density at radius 2 is 2.40 bits per heavy atom. The molecule has 0 bridgehead atoms. The van der Waals surface area contributed by atoms with Gasteiger partial charge in [-0.1, -0.05) is 6.58 Å². The lowest BCUT2D eigenvalue weighted by Crippen LogP contribution is -2.17. The third kappa shape index (κ3) is 5.98. The average molecular weight is 160 g/mol. The highest BCUT2D eigenvalue weighted by Crippen LogP contribution is 1.92. The standard InChI is InChI=1S/C7H16N2S/c1-7(3-4-8)9-5-6-10-2/h9H,1,3-6,8H2,2H3. The van der Waals surface area contributed by atoms with Crippen LogP contribution in [0.1, 0.15) is 6.42 Å². The fraction of sp³-hybridized carbons (Fsp3) is 0.714. The minimum absolute atomic E-state index is 0.686. The second-order valence-corrected chi connectivity index (χ2v) is 3.05. The molecular formula is C7H16N2S. The summed E-state index contributed by atoms with van der Waals surface area (Å²) in [5, 5.41) is 3.19. The van der Waals surface area contributed by atoms with Crippen molar-refractivity contribution in [3.8, 4) is 0 Å². The highest BCUT2D eigenvalue weighted by Gasteiger charge is 1.88. The van der Waals surface area contributed by atoms with E-state index in [-0.39, 0.29) is 0 Å². The van der Waals surface area contributed by atoms with E-state index < -0.39 is 0 Å². The summed E-state index contributed by atoms with van der Waals surface area (Å²) in [7, 11) is 0. The van der Waals surface area contributed by atoms with Gasteiger partial charge in [0, 0.05) is 18.0 Å². The molecule has 0 aliphatic carbocycles. The van der Waals surface area contributed by atoms with Crippen molar-refractivity contribution in [1.82, 2.24) is 5.32 Å². The van der Waals surface area contributed by atoms with Crippen LogP contribution in [0, 0.1) is 0 Å². The Bertz CT molecular complexity index is 93.6. The monoisotopic (exact) mass is 160 g/mol. The third-order valence-corrected chi connectivity index (χ3v) is 1.74. The third-order valence-electron chi connectivity index (χ3n) is 1.13. The van der Waals surface area contributed by atoms with Crippen molar-refractivity contribution in [2.45, 2.75) is 6.42 Å². The molecule has 0 saturated carbocycles. The van der Waals surface area contributed by atoms with Crippen LogP contribution in [-0.4, -0.2) is 25.1 Å². The summed E-state index contributed by atoms with van der Waals surface area (Å²) < 4.78 is 0. The zero-order chi connectivity index (χ0) is 7.82. The summed E-state index contributed by atoms with van der Waals surface area (Å²) in [6.07, 6.45) is 2.97. The van der Waals surface area contributed by atoms with Crippen LogP contribution in [0.5, 0.6) is 0 Å². The number of hydrogen-bond acceptors (Lipinski definition) is 3. The minimum atomic E-state index is 0.686. The van der Waals surface area contributed by atoms with Gasteiger partial charge in [-0.15, -0.1) is 0 Å². The smallest absolute Gasteiger partial charge is 0.0234 e. The molecular weight excluding hydrogens is 144 g/mol. The molecule has 0 fully saturated rings. The zero-order valence-corrected chi connectivity index (χ0v) is 7.34. The molecule has 0 spiro atoms. The maximum absolute atomic E-state index is 5.33. The molecule has 3 N–H and O–H groups in total. The van der Waals surface area contributed by atoms with Crippen LogP contribution in [0.3, 0.4) is 0 Å². The first kappa shape index (κ1) is 9.85. The van der Waals surface area contributed by atoms with Gasteiger partial charge in [0.25, 0.3) is 0 Å². The van der Waals surface area contributed by atoms with Gasteiger partial charge in [-0.05, 0) is 19.2 Å². The molecule has 0 aromatic carbocycles. The van der Waals surface area contributed by atoms with Crippen molar-refractivity contribution in [3.05, 3.63) is 12.3 Å². The molecule has 0 aliphatic heterocycles. The van der Waals surface area contributed by atoms with Crippen LogP contribution < -0.4 is 11.1 Å². The van der Waals surface area contributed by atoms with Crippen molar-refractivity contribution in [2.75, 3.05) is 25.1 Å². The maximum Gasteiger partial charge on any atom is 0.0234 e. The van der Waals surface area contributed by atoms with E-state index in [9.17, 15) is 0 Å². The first-order valence-electron chi connectivity index (χ1n) is 3.42. The second-order valence-electron chi connectivity index (χ2n) is 2.06. The SMILES string of the molecule is C=C(CCN)NCCSC. The number of nitrogens with two attached hydrogens (primary N) is 1. The van der Waals surface area contributed by atoms with Crippen molar-refractivity contribution >= 4 is 11.8 Å². The Balaban J connectivity index is 3.05. The van der Waals surface area contributed by atoms with Crippen molar-refractivity contribution in [1.29, 1.82) is 0 Å². The molecule has 0 unspecified atom stereocenters. The normalized spacial score (nSPS) is 9.40. The van der Waals surface area contributed by atoms with E-state index in [1.54, 1.807) is 0 Å². The van der Waals surface area contributed by atoms with Gasteiger partial charge in [-0.2, -0.15) is 11.8 Å². The van der Waals surface area contributed by atoms with E-state index in [2.05, 4.69) is 18.2 Å². The summed E-state index contributed by atoms with van der Waals surface area (Å²) >= 11 is 1.83. The van der Waals surface area contributed by atoms with Gasteiger partial charge >= 0.3 is 0 Å². The number of nitrogens with one attached hydrogen (secondary N) is 1. The highest BCUT2D eigenvalue weighted by molar-refractivity contribution is 7.98. The van der Waals surface area contributed by atoms with Crippen LogP contribution in [0.4, 0.5) is 0 Å². The van der Waals surface area contributed by atoms with Crippen LogP contribution in [-0.2, 0) is 0 Å². The Labute approximate surface area is 67.3 Å². The fourth-order valence-corrected chi connectivity index (χ4v) is 0.899. The molecule has 0 aromatic rings. The molecule has 0 saturated heterocycles. The molecule has 0 aliphatic rings. The van der Waals surface area contributed by atoms with Crippen molar-refractivity contribution < 1.29 is 0 Å². The molecule has 0 atom stereocenters. The van der Waals surface area contributed by atoms with E-state index >= 15 is 0 Å². The molecule has 0 aromatic heterocycles. The average Bonchev–Trinajstić information content (AvgIpc) is 1.89. The Kier molecular flexibility index (Phi) is 6.86. The summed E-state index contributed by atoms with van der Waals surface area (Å²) in [6.45, 7) is 5.50. The largest absolute Gasteiger partial charge is 0.388 e. The molecule has 0 radical (unpaired) electrons.